The molecule has 0 saturated heterocycles. The van der Waals surface area contributed by atoms with Crippen LogP contribution in [0.1, 0.15) is 36.8 Å². The number of fused-ring (bicyclic) bond motifs is 8. The van der Waals surface area contributed by atoms with Gasteiger partial charge in [-0.25, -0.2) is 0 Å². The van der Waals surface area contributed by atoms with Gasteiger partial charge in [-0.05, 0) is 94.3 Å². The Kier molecular flexibility index (Phi) is 5.88. The predicted molar refractivity (Wildman–Crippen MR) is 184 cm³/mol. The lowest BCUT2D eigenvalue weighted by atomic mass is 9.66. The topological polar surface area (TPSA) is 3.24 Å². The van der Waals surface area contributed by atoms with Crippen LogP contribution in [-0.4, -0.2) is 0 Å². The van der Waals surface area contributed by atoms with Crippen LogP contribution in [0.4, 0.5) is 17.1 Å². The molecule has 9 rings (SSSR count). The SMILES string of the molecule is c1ccc(-c2ccc(N(c3ccccc3-c3ccccc3)c3cccc4c3C3(CC5CCC3C5)c3ccccc3-4)cc2)cc1. The van der Waals surface area contributed by atoms with Crippen molar-refractivity contribution >= 4 is 17.1 Å². The second kappa shape index (κ2) is 10.1. The van der Waals surface area contributed by atoms with Crippen molar-refractivity contribution < 1.29 is 0 Å². The Morgan fingerprint density at radius 3 is 1.82 bits per heavy atom. The minimum absolute atomic E-state index is 0.0787. The van der Waals surface area contributed by atoms with Crippen LogP contribution in [0.25, 0.3) is 33.4 Å². The first-order chi connectivity index (χ1) is 21.8. The molecule has 0 radical (unpaired) electrons. The average molecular weight is 566 g/mol. The van der Waals surface area contributed by atoms with Crippen LogP contribution in [0.2, 0.25) is 0 Å². The van der Waals surface area contributed by atoms with E-state index in [2.05, 4.69) is 157 Å². The fraction of sp³-hybridized carbons (Fsp3) is 0.163. The summed E-state index contributed by atoms with van der Waals surface area (Å²) in [6.07, 6.45) is 5.33. The fourth-order valence-electron chi connectivity index (χ4n) is 9.00. The zero-order chi connectivity index (χ0) is 29.1. The van der Waals surface area contributed by atoms with Crippen LogP contribution in [0, 0.1) is 11.8 Å². The number of hydrogen-bond donors (Lipinski definition) is 0. The van der Waals surface area contributed by atoms with Gasteiger partial charge in [0.25, 0.3) is 0 Å². The highest BCUT2D eigenvalue weighted by molar-refractivity contribution is 5.94. The minimum Gasteiger partial charge on any atom is -0.310 e. The molecule has 3 atom stereocenters. The van der Waals surface area contributed by atoms with Crippen molar-refractivity contribution in [3.8, 4) is 33.4 Å². The van der Waals surface area contributed by atoms with Crippen molar-refractivity contribution in [2.45, 2.75) is 31.1 Å². The van der Waals surface area contributed by atoms with Crippen molar-refractivity contribution in [2.24, 2.45) is 11.8 Å². The minimum atomic E-state index is 0.0787. The molecule has 0 heterocycles. The third kappa shape index (κ3) is 3.78. The normalized spacial score (nSPS) is 20.9. The summed E-state index contributed by atoms with van der Waals surface area (Å²) in [6.45, 7) is 0. The molecule has 0 aromatic heterocycles. The zero-order valence-electron chi connectivity index (χ0n) is 24.9. The molecule has 2 bridgehead atoms. The highest BCUT2D eigenvalue weighted by Crippen LogP contribution is 2.67. The van der Waals surface area contributed by atoms with Gasteiger partial charge >= 0.3 is 0 Å². The van der Waals surface area contributed by atoms with E-state index in [1.54, 1.807) is 11.1 Å². The molecule has 1 spiro atoms. The predicted octanol–water partition coefficient (Wildman–Crippen LogP) is 11.6. The Balaban J connectivity index is 1.30. The summed E-state index contributed by atoms with van der Waals surface area (Å²) in [5.74, 6) is 1.52. The second-order valence-corrected chi connectivity index (χ2v) is 12.9. The number of hydrogen-bond acceptors (Lipinski definition) is 1. The van der Waals surface area contributed by atoms with Gasteiger partial charge in [0.2, 0.25) is 0 Å². The lowest BCUT2D eigenvalue weighted by molar-refractivity contribution is 0.327. The average Bonchev–Trinajstić information content (AvgIpc) is 3.79. The highest BCUT2D eigenvalue weighted by Gasteiger charge is 2.57. The molecule has 6 aromatic rings. The molecule has 212 valence electrons. The van der Waals surface area contributed by atoms with Crippen molar-refractivity contribution in [2.75, 3.05) is 4.90 Å². The molecule has 1 nitrogen and oxygen atoms in total. The molecule has 6 aromatic carbocycles. The second-order valence-electron chi connectivity index (χ2n) is 12.9. The Bertz CT molecular complexity index is 1970. The number of nitrogens with zero attached hydrogens (tertiary/aromatic N) is 1. The standard InChI is InChI=1S/C43H35N/c1-3-12-31(13-4-1)32-23-26-35(27-24-32)44(40-20-10-8-16-36(40)33-14-5-2-6-15-33)41-21-11-18-38-37-17-7-9-19-39(37)43(42(38)41)29-30-22-25-34(43)28-30/h1-21,23-24,26-27,30,34H,22,25,28-29H2. The fourth-order valence-corrected chi connectivity index (χ4v) is 9.00. The molecular weight excluding hydrogens is 530 g/mol. The van der Waals surface area contributed by atoms with Crippen LogP contribution in [-0.2, 0) is 5.41 Å². The van der Waals surface area contributed by atoms with Crippen LogP contribution in [0.5, 0.6) is 0 Å². The molecule has 2 saturated carbocycles. The monoisotopic (exact) mass is 565 g/mol. The van der Waals surface area contributed by atoms with Crippen LogP contribution < -0.4 is 4.90 Å². The van der Waals surface area contributed by atoms with E-state index >= 15 is 0 Å². The molecule has 1 heteroatoms. The molecule has 44 heavy (non-hydrogen) atoms. The van der Waals surface area contributed by atoms with Gasteiger partial charge in [-0.3, -0.25) is 0 Å². The summed E-state index contributed by atoms with van der Waals surface area (Å²) < 4.78 is 0. The molecule has 0 amide bonds. The summed E-state index contributed by atoms with van der Waals surface area (Å²) in [7, 11) is 0. The van der Waals surface area contributed by atoms with Gasteiger partial charge < -0.3 is 4.90 Å². The zero-order valence-corrected chi connectivity index (χ0v) is 24.9. The van der Waals surface area contributed by atoms with Gasteiger partial charge in [-0.1, -0.05) is 134 Å². The van der Waals surface area contributed by atoms with Crippen molar-refractivity contribution in [1.29, 1.82) is 0 Å². The third-order valence-corrected chi connectivity index (χ3v) is 10.7. The van der Waals surface area contributed by atoms with Crippen molar-refractivity contribution in [3.63, 3.8) is 0 Å². The summed E-state index contributed by atoms with van der Waals surface area (Å²) >= 11 is 0. The van der Waals surface area contributed by atoms with Gasteiger partial charge in [-0.2, -0.15) is 0 Å². The van der Waals surface area contributed by atoms with Gasteiger partial charge in [0.15, 0.2) is 0 Å². The molecule has 3 aliphatic carbocycles. The van der Waals surface area contributed by atoms with Gasteiger partial charge in [0, 0.05) is 16.7 Å². The summed E-state index contributed by atoms with van der Waals surface area (Å²) in [5, 5.41) is 0. The van der Waals surface area contributed by atoms with Gasteiger partial charge in [0.05, 0.1) is 11.4 Å². The Hall–Kier alpha value is -4.88. The lowest BCUT2D eigenvalue weighted by Gasteiger charge is -2.40. The highest BCUT2D eigenvalue weighted by atomic mass is 15.1. The molecule has 0 N–H and O–H groups in total. The van der Waals surface area contributed by atoms with E-state index in [1.807, 2.05) is 0 Å². The van der Waals surface area contributed by atoms with Crippen molar-refractivity contribution in [1.82, 2.24) is 0 Å². The first-order valence-electron chi connectivity index (χ1n) is 16.1. The smallest absolute Gasteiger partial charge is 0.0540 e. The maximum Gasteiger partial charge on any atom is 0.0540 e. The summed E-state index contributed by atoms with van der Waals surface area (Å²) in [4.78, 5) is 2.57. The molecule has 3 unspecified atom stereocenters. The van der Waals surface area contributed by atoms with Crippen LogP contribution in [0.3, 0.4) is 0 Å². The van der Waals surface area contributed by atoms with Crippen LogP contribution in [0.15, 0.2) is 152 Å². The Morgan fingerprint density at radius 2 is 1.09 bits per heavy atom. The lowest BCUT2D eigenvalue weighted by Crippen LogP contribution is -2.33. The third-order valence-electron chi connectivity index (χ3n) is 10.7. The van der Waals surface area contributed by atoms with Crippen LogP contribution >= 0.6 is 0 Å². The first kappa shape index (κ1) is 25.6. The van der Waals surface area contributed by atoms with E-state index in [4.69, 9.17) is 0 Å². The van der Waals surface area contributed by atoms with E-state index in [-0.39, 0.29) is 5.41 Å². The van der Waals surface area contributed by atoms with E-state index < -0.39 is 0 Å². The first-order valence-corrected chi connectivity index (χ1v) is 16.1. The van der Waals surface area contributed by atoms with Gasteiger partial charge in [-0.15, -0.1) is 0 Å². The molecule has 2 fully saturated rings. The number of para-hydroxylation sites is 1. The maximum absolute atomic E-state index is 2.57. The van der Waals surface area contributed by atoms with E-state index in [0.29, 0.717) is 5.92 Å². The van der Waals surface area contributed by atoms with E-state index in [9.17, 15) is 0 Å². The Labute approximate surface area is 260 Å². The Morgan fingerprint density at radius 1 is 0.477 bits per heavy atom. The molecule has 3 aliphatic rings. The van der Waals surface area contributed by atoms with E-state index in [0.717, 1.165) is 5.92 Å². The van der Waals surface area contributed by atoms with Crippen molar-refractivity contribution in [3.05, 3.63) is 163 Å². The summed E-state index contributed by atoms with van der Waals surface area (Å²) in [6, 6.07) is 56.1. The number of rotatable bonds is 5. The number of anilines is 3. The largest absolute Gasteiger partial charge is 0.310 e. The maximum atomic E-state index is 2.57. The quantitative estimate of drug-likeness (QED) is 0.201. The van der Waals surface area contributed by atoms with Gasteiger partial charge in [0.1, 0.15) is 0 Å². The summed E-state index contributed by atoms with van der Waals surface area (Å²) in [5.41, 5.74) is 14.7. The molecule has 0 aliphatic heterocycles. The van der Waals surface area contributed by atoms with E-state index in [1.165, 1.54) is 76.1 Å². The number of benzene rings is 6. The molecular formula is C43H35N.